The average Bonchev–Trinajstić information content (AvgIpc) is 2.59. The van der Waals surface area contributed by atoms with E-state index in [1.54, 1.807) is 31.1 Å². The molecule has 5 nitrogen and oxygen atoms in total. The van der Waals surface area contributed by atoms with Gasteiger partial charge in [0.25, 0.3) is 5.91 Å². The summed E-state index contributed by atoms with van der Waals surface area (Å²) < 4.78 is 6.46. The van der Waals surface area contributed by atoms with E-state index < -0.39 is 0 Å². The molecular weight excluding hydrogens is 182 g/mol. The number of ether oxygens (including phenoxy) is 1. The van der Waals surface area contributed by atoms with E-state index in [0.29, 0.717) is 18.8 Å². The summed E-state index contributed by atoms with van der Waals surface area (Å²) in [7, 11) is 3.42. The summed E-state index contributed by atoms with van der Waals surface area (Å²) in [5.41, 5.74) is 0.449. The summed E-state index contributed by atoms with van der Waals surface area (Å²) in [4.78, 5) is 11.4. The number of hydrogen-bond donors (Lipinski definition) is 1. The second-order valence-electron chi connectivity index (χ2n) is 2.98. The zero-order valence-corrected chi connectivity index (χ0v) is 8.49. The number of aromatic nitrogens is 2. The third-order valence-electron chi connectivity index (χ3n) is 1.76. The van der Waals surface area contributed by atoms with Gasteiger partial charge in [0.1, 0.15) is 5.69 Å². The van der Waals surface area contributed by atoms with E-state index in [9.17, 15) is 4.79 Å². The maximum absolute atomic E-state index is 11.4. The van der Waals surface area contributed by atoms with Gasteiger partial charge in [-0.3, -0.25) is 9.48 Å². The highest BCUT2D eigenvalue weighted by molar-refractivity contribution is 5.92. The number of rotatable bonds is 5. The monoisotopic (exact) mass is 197 g/mol. The minimum Gasteiger partial charge on any atom is -0.385 e. The fourth-order valence-corrected chi connectivity index (χ4v) is 1.05. The van der Waals surface area contributed by atoms with E-state index >= 15 is 0 Å². The first-order chi connectivity index (χ1) is 6.74. The van der Waals surface area contributed by atoms with Gasteiger partial charge in [-0.2, -0.15) is 5.10 Å². The molecule has 1 aromatic rings. The fraction of sp³-hybridized carbons (Fsp3) is 0.556. The van der Waals surface area contributed by atoms with Crippen molar-refractivity contribution < 1.29 is 9.53 Å². The Labute approximate surface area is 83.1 Å². The van der Waals surface area contributed by atoms with Crippen LogP contribution in [0, 0.1) is 0 Å². The average molecular weight is 197 g/mol. The van der Waals surface area contributed by atoms with Gasteiger partial charge in [0.2, 0.25) is 0 Å². The summed E-state index contributed by atoms with van der Waals surface area (Å²) in [6, 6.07) is 1.69. The molecule has 1 rings (SSSR count). The van der Waals surface area contributed by atoms with Crippen LogP contribution >= 0.6 is 0 Å². The number of methoxy groups -OCH3 is 1. The van der Waals surface area contributed by atoms with Gasteiger partial charge < -0.3 is 10.1 Å². The molecule has 0 radical (unpaired) electrons. The molecular formula is C9H15N3O2. The third-order valence-corrected chi connectivity index (χ3v) is 1.76. The highest BCUT2D eigenvalue weighted by Crippen LogP contribution is 1.93. The van der Waals surface area contributed by atoms with Crippen LogP contribution in [0.2, 0.25) is 0 Å². The first-order valence-corrected chi connectivity index (χ1v) is 4.51. The molecule has 0 bridgehead atoms. The smallest absolute Gasteiger partial charge is 0.271 e. The summed E-state index contributed by atoms with van der Waals surface area (Å²) in [5, 5.41) is 6.74. The molecule has 0 aliphatic carbocycles. The molecule has 0 fully saturated rings. The summed E-state index contributed by atoms with van der Waals surface area (Å²) in [5.74, 6) is -0.137. The van der Waals surface area contributed by atoms with Crippen LogP contribution in [-0.2, 0) is 11.8 Å². The summed E-state index contributed by atoms with van der Waals surface area (Å²) >= 11 is 0. The molecule has 78 valence electrons. The minimum absolute atomic E-state index is 0.137. The summed E-state index contributed by atoms with van der Waals surface area (Å²) in [6.45, 7) is 1.27. The summed E-state index contributed by atoms with van der Waals surface area (Å²) in [6.07, 6.45) is 2.55. The van der Waals surface area contributed by atoms with Crippen molar-refractivity contribution in [3.63, 3.8) is 0 Å². The topological polar surface area (TPSA) is 56.1 Å². The Bertz CT molecular complexity index is 296. The number of carbonyl (C=O) groups is 1. The van der Waals surface area contributed by atoms with Gasteiger partial charge in [-0.1, -0.05) is 0 Å². The first kappa shape index (κ1) is 10.7. The van der Waals surface area contributed by atoms with E-state index in [0.717, 1.165) is 6.42 Å². The molecule has 5 heteroatoms. The molecule has 1 aromatic heterocycles. The van der Waals surface area contributed by atoms with Crippen LogP contribution in [0.25, 0.3) is 0 Å². The Hall–Kier alpha value is -1.36. The van der Waals surface area contributed by atoms with Crippen LogP contribution < -0.4 is 5.32 Å². The number of nitrogens with zero attached hydrogens (tertiary/aromatic N) is 2. The lowest BCUT2D eigenvalue weighted by atomic mass is 10.4. The molecule has 14 heavy (non-hydrogen) atoms. The van der Waals surface area contributed by atoms with Crippen molar-refractivity contribution in [2.24, 2.45) is 7.05 Å². The largest absolute Gasteiger partial charge is 0.385 e. The fourth-order valence-electron chi connectivity index (χ4n) is 1.05. The molecule has 0 aliphatic rings. The Kier molecular flexibility index (Phi) is 4.12. The standard InChI is InChI=1S/C9H15N3O2/c1-12-6-4-8(11-12)9(13)10-5-3-7-14-2/h4,6H,3,5,7H2,1-2H3,(H,10,13). The van der Waals surface area contributed by atoms with E-state index in [1.165, 1.54) is 0 Å². The predicted octanol–water partition coefficient (Wildman–Crippen LogP) is 0.186. The van der Waals surface area contributed by atoms with Crippen molar-refractivity contribution in [2.45, 2.75) is 6.42 Å². The van der Waals surface area contributed by atoms with Gasteiger partial charge in [-0.05, 0) is 12.5 Å². The maximum atomic E-state index is 11.4. The Morgan fingerprint density at radius 1 is 1.71 bits per heavy atom. The molecule has 0 aromatic carbocycles. The van der Waals surface area contributed by atoms with Crippen molar-refractivity contribution in [3.8, 4) is 0 Å². The van der Waals surface area contributed by atoms with Crippen molar-refractivity contribution >= 4 is 5.91 Å². The second kappa shape index (κ2) is 5.39. The molecule has 0 saturated heterocycles. The van der Waals surface area contributed by atoms with Crippen molar-refractivity contribution in [2.75, 3.05) is 20.3 Å². The predicted molar refractivity (Wildman–Crippen MR) is 52.0 cm³/mol. The van der Waals surface area contributed by atoms with Gasteiger partial charge in [-0.15, -0.1) is 0 Å². The lowest BCUT2D eigenvalue weighted by molar-refractivity contribution is 0.0943. The lowest BCUT2D eigenvalue weighted by Crippen LogP contribution is -2.25. The van der Waals surface area contributed by atoms with Crippen LogP contribution in [0.3, 0.4) is 0 Å². The van der Waals surface area contributed by atoms with Crippen LogP contribution in [0.4, 0.5) is 0 Å². The third kappa shape index (κ3) is 3.18. The van der Waals surface area contributed by atoms with E-state index in [-0.39, 0.29) is 5.91 Å². The van der Waals surface area contributed by atoms with Crippen molar-refractivity contribution in [1.29, 1.82) is 0 Å². The molecule has 1 heterocycles. The van der Waals surface area contributed by atoms with Crippen molar-refractivity contribution in [3.05, 3.63) is 18.0 Å². The van der Waals surface area contributed by atoms with Gasteiger partial charge in [0.15, 0.2) is 0 Å². The number of carbonyl (C=O) groups excluding carboxylic acids is 1. The number of aryl methyl sites for hydroxylation is 1. The molecule has 0 unspecified atom stereocenters. The minimum atomic E-state index is -0.137. The lowest BCUT2D eigenvalue weighted by Gasteiger charge is -2.01. The van der Waals surface area contributed by atoms with Gasteiger partial charge in [-0.25, -0.2) is 0 Å². The molecule has 0 saturated carbocycles. The number of amides is 1. The first-order valence-electron chi connectivity index (χ1n) is 4.51. The zero-order valence-electron chi connectivity index (χ0n) is 8.49. The van der Waals surface area contributed by atoms with E-state index in [1.807, 2.05) is 0 Å². The van der Waals surface area contributed by atoms with E-state index in [4.69, 9.17) is 4.74 Å². The van der Waals surface area contributed by atoms with Gasteiger partial charge in [0.05, 0.1) is 0 Å². The maximum Gasteiger partial charge on any atom is 0.271 e. The quantitative estimate of drug-likeness (QED) is 0.685. The molecule has 0 spiro atoms. The highest BCUT2D eigenvalue weighted by Gasteiger charge is 2.06. The highest BCUT2D eigenvalue weighted by atomic mass is 16.5. The molecule has 0 aliphatic heterocycles. The SMILES string of the molecule is COCCCNC(=O)c1ccn(C)n1. The molecule has 1 amide bonds. The Morgan fingerprint density at radius 2 is 2.50 bits per heavy atom. The number of nitrogens with one attached hydrogen (secondary N) is 1. The van der Waals surface area contributed by atoms with E-state index in [2.05, 4.69) is 10.4 Å². The van der Waals surface area contributed by atoms with Gasteiger partial charge in [0, 0.05) is 33.5 Å². The normalized spacial score (nSPS) is 10.1. The second-order valence-corrected chi connectivity index (χ2v) is 2.98. The van der Waals surface area contributed by atoms with Crippen LogP contribution in [0.1, 0.15) is 16.9 Å². The van der Waals surface area contributed by atoms with Crippen LogP contribution in [0.5, 0.6) is 0 Å². The zero-order chi connectivity index (χ0) is 10.4. The van der Waals surface area contributed by atoms with Gasteiger partial charge >= 0.3 is 0 Å². The Morgan fingerprint density at radius 3 is 3.07 bits per heavy atom. The molecule has 0 atom stereocenters. The van der Waals surface area contributed by atoms with Crippen LogP contribution in [-0.4, -0.2) is 35.9 Å². The number of hydrogen-bond acceptors (Lipinski definition) is 3. The molecule has 1 N–H and O–H groups in total. The van der Waals surface area contributed by atoms with Crippen molar-refractivity contribution in [1.82, 2.24) is 15.1 Å². The Balaban J connectivity index is 2.29. The van der Waals surface area contributed by atoms with Crippen LogP contribution in [0.15, 0.2) is 12.3 Å².